The Kier molecular flexibility index (Phi) is 7.41. The molecule has 3 rings (SSSR count). The molecule has 30 heavy (non-hydrogen) atoms. The highest BCUT2D eigenvalue weighted by Crippen LogP contribution is 2.27. The molecule has 0 saturated heterocycles. The van der Waals surface area contributed by atoms with Gasteiger partial charge >= 0.3 is 0 Å². The van der Waals surface area contributed by atoms with E-state index in [0.29, 0.717) is 30.8 Å². The number of carbonyl (C=O) groups is 2. The summed E-state index contributed by atoms with van der Waals surface area (Å²) >= 11 is 0. The van der Waals surface area contributed by atoms with Crippen LogP contribution in [0.3, 0.4) is 0 Å². The molecule has 0 unspecified atom stereocenters. The van der Waals surface area contributed by atoms with Crippen LogP contribution in [-0.4, -0.2) is 47.4 Å². The third-order valence-corrected chi connectivity index (χ3v) is 5.03. The smallest absolute Gasteiger partial charge is 0.238 e. The summed E-state index contributed by atoms with van der Waals surface area (Å²) in [7, 11) is 0. The highest BCUT2D eigenvalue weighted by Gasteiger charge is 2.30. The van der Waals surface area contributed by atoms with Crippen molar-refractivity contribution >= 4 is 23.3 Å². The molecular formula is C23H30N4O3. The number of hydrogen-bond acceptors (Lipinski definition) is 5. The Bertz CT molecular complexity index is 896. The Hall–Kier alpha value is -2.93. The average molecular weight is 411 g/mol. The number of pyridine rings is 1. The molecule has 0 bridgehead atoms. The van der Waals surface area contributed by atoms with E-state index < -0.39 is 0 Å². The van der Waals surface area contributed by atoms with Crippen LogP contribution >= 0.6 is 0 Å². The van der Waals surface area contributed by atoms with Crippen molar-refractivity contribution in [2.75, 3.05) is 30.3 Å². The maximum Gasteiger partial charge on any atom is 0.238 e. The van der Waals surface area contributed by atoms with Gasteiger partial charge in [-0.3, -0.25) is 14.5 Å². The molecule has 2 amide bonds. The summed E-state index contributed by atoms with van der Waals surface area (Å²) in [5, 5.41) is 5.82. The number of rotatable bonds is 10. The minimum atomic E-state index is -0.143. The van der Waals surface area contributed by atoms with Gasteiger partial charge in [-0.15, -0.1) is 0 Å². The number of nitrogens with zero attached hydrogens (tertiary/aromatic N) is 2. The van der Waals surface area contributed by atoms with Gasteiger partial charge in [-0.25, -0.2) is 4.98 Å². The molecule has 0 aliphatic heterocycles. The normalized spacial score (nSPS) is 13.2. The van der Waals surface area contributed by atoms with Crippen LogP contribution in [0.1, 0.15) is 37.3 Å². The molecule has 2 aromatic rings. The third-order valence-electron chi connectivity index (χ3n) is 5.03. The van der Waals surface area contributed by atoms with Gasteiger partial charge < -0.3 is 15.4 Å². The third kappa shape index (κ3) is 6.29. The van der Waals surface area contributed by atoms with E-state index >= 15 is 0 Å². The van der Waals surface area contributed by atoms with Crippen molar-refractivity contribution in [2.45, 2.75) is 46.1 Å². The number of hydrogen-bond donors (Lipinski definition) is 2. The molecule has 1 saturated carbocycles. The van der Waals surface area contributed by atoms with Gasteiger partial charge in [-0.2, -0.15) is 0 Å². The first-order chi connectivity index (χ1) is 14.5. The maximum atomic E-state index is 12.6. The van der Waals surface area contributed by atoms with Crippen molar-refractivity contribution in [3.63, 3.8) is 0 Å². The number of ether oxygens (including phenoxy) is 1. The lowest BCUT2D eigenvalue weighted by Gasteiger charge is -2.21. The number of anilines is 2. The summed E-state index contributed by atoms with van der Waals surface area (Å²) in [5.41, 5.74) is 2.98. The zero-order chi connectivity index (χ0) is 21.5. The predicted molar refractivity (Wildman–Crippen MR) is 118 cm³/mol. The molecule has 2 N–H and O–H groups in total. The Balaban J connectivity index is 1.53. The molecule has 160 valence electrons. The van der Waals surface area contributed by atoms with Gasteiger partial charge in [0.25, 0.3) is 0 Å². The topological polar surface area (TPSA) is 83.6 Å². The van der Waals surface area contributed by atoms with E-state index in [1.54, 1.807) is 18.3 Å². The standard InChI is InChI=1S/C23H30N4O3/c1-4-30-20-6-5-12-24-23(20)26-21(28)11-13-27(18-9-10-18)15-22(29)25-19-14-16(2)7-8-17(19)3/h5-8,12,14,18H,4,9-11,13,15H2,1-3H3,(H,25,29)(H,24,26,28). The average Bonchev–Trinajstić information content (AvgIpc) is 3.55. The van der Waals surface area contributed by atoms with Gasteiger partial charge in [0.05, 0.1) is 13.2 Å². The lowest BCUT2D eigenvalue weighted by molar-refractivity contribution is -0.119. The van der Waals surface area contributed by atoms with Gasteiger partial charge in [-0.05, 0) is 62.9 Å². The second-order valence-corrected chi connectivity index (χ2v) is 7.65. The van der Waals surface area contributed by atoms with Crippen LogP contribution in [0.5, 0.6) is 5.75 Å². The SMILES string of the molecule is CCOc1cccnc1NC(=O)CCN(CC(=O)Nc1cc(C)ccc1C)C1CC1. The molecule has 1 aromatic carbocycles. The summed E-state index contributed by atoms with van der Waals surface area (Å²) in [6.07, 6.45) is 4.03. The van der Waals surface area contributed by atoms with Crippen molar-refractivity contribution in [1.82, 2.24) is 9.88 Å². The number of carbonyl (C=O) groups excluding carboxylic acids is 2. The van der Waals surface area contributed by atoms with Gasteiger partial charge in [-0.1, -0.05) is 12.1 Å². The molecule has 7 nitrogen and oxygen atoms in total. The Morgan fingerprint density at radius 3 is 2.70 bits per heavy atom. The van der Waals surface area contributed by atoms with Crippen molar-refractivity contribution in [3.05, 3.63) is 47.7 Å². The van der Waals surface area contributed by atoms with E-state index in [9.17, 15) is 9.59 Å². The van der Waals surface area contributed by atoms with Crippen LogP contribution in [0.15, 0.2) is 36.5 Å². The number of aryl methyl sites for hydroxylation is 2. The molecule has 0 atom stereocenters. The second kappa shape index (κ2) is 10.2. The van der Waals surface area contributed by atoms with E-state index in [-0.39, 0.29) is 24.8 Å². The minimum Gasteiger partial charge on any atom is -0.490 e. The fourth-order valence-corrected chi connectivity index (χ4v) is 3.27. The molecule has 7 heteroatoms. The molecule has 0 spiro atoms. The van der Waals surface area contributed by atoms with Gasteiger partial charge in [0.1, 0.15) is 0 Å². The molecule has 1 heterocycles. The Morgan fingerprint density at radius 1 is 1.17 bits per heavy atom. The Morgan fingerprint density at radius 2 is 1.97 bits per heavy atom. The molecule has 1 fully saturated rings. The first-order valence-electron chi connectivity index (χ1n) is 10.4. The van der Waals surface area contributed by atoms with E-state index in [2.05, 4.69) is 20.5 Å². The highest BCUT2D eigenvalue weighted by atomic mass is 16.5. The van der Waals surface area contributed by atoms with Crippen molar-refractivity contribution in [1.29, 1.82) is 0 Å². The molecule has 1 aromatic heterocycles. The Labute approximate surface area is 177 Å². The van der Waals surface area contributed by atoms with E-state index in [0.717, 1.165) is 29.7 Å². The lowest BCUT2D eigenvalue weighted by atomic mass is 10.1. The van der Waals surface area contributed by atoms with Gasteiger partial charge in [0, 0.05) is 30.9 Å². The van der Waals surface area contributed by atoms with E-state index in [1.165, 1.54) is 0 Å². The number of nitrogens with one attached hydrogen (secondary N) is 2. The predicted octanol–water partition coefficient (Wildman–Crippen LogP) is 3.53. The number of benzene rings is 1. The van der Waals surface area contributed by atoms with Crippen LogP contribution in [0.4, 0.5) is 11.5 Å². The van der Waals surface area contributed by atoms with Crippen LogP contribution < -0.4 is 15.4 Å². The van der Waals surface area contributed by atoms with Crippen molar-refractivity contribution < 1.29 is 14.3 Å². The minimum absolute atomic E-state index is 0.0561. The van der Waals surface area contributed by atoms with Crippen molar-refractivity contribution in [3.8, 4) is 5.75 Å². The maximum absolute atomic E-state index is 12.6. The number of aromatic nitrogens is 1. The van der Waals surface area contributed by atoms with Crippen LogP contribution in [0, 0.1) is 13.8 Å². The number of amides is 2. The second-order valence-electron chi connectivity index (χ2n) is 7.65. The van der Waals surface area contributed by atoms with E-state index in [1.807, 2.05) is 39.0 Å². The molecule has 1 aliphatic carbocycles. The van der Waals surface area contributed by atoms with Gasteiger partial charge in [0.2, 0.25) is 11.8 Å². The summed E-state index contributed by atoms with van der Waals surface area (Å²) in [5.74, 6) is 0.782. The highest BCUT2D eigenvalue weighted by molar-refractivity contribution is 5.93. The largest absolute Gasteiger partial charge is 0.490 e. The zero-order valence-electron chi connectivity index (χ0n) is 17.9. The summed E-state index contributed by atoms with van der Waals surface area (Å²) < 4.78 is 5.50. The fourth-order valence-electron chi connectivity index (χ4n) is 3.27. The zero-order valence-corrected chi connectivity index (χ0v) is 17.9. The van der Waals surface area contributed by atoms with Crippen LogP contribution in [-0.2, 0) is 9.59 Å². The molecule has 0 radical (unpaired) electrons. The fraction of sp³-hybridized carbons (Fsp3) is 0.435. The monoisotopic (exact) mass is 410 g/mol. The first-order valence-corrected chi connectivity index (χ1v) is 10.4. The van der Waals surface area contributed by atoms with Gasteiger partial charge in [0.15, 0.2) is 11.6 Å². The quantitative estimate of drug-likeness (QED) is 0.626. The molecule has 1 aliphatic rings. The van der Waals surface area contributed by atoms with E-state index in [4.69, 9.17) is 4.74 Å². The van der Waals surface area contributed by atoms with Crippen molar-refractivity contribution in [2.24, 2.45) is 0 Å². The lowest BCUT2D eigenvalue weighted by Crippen LogP contribution is -2.37. The summed E-state index contributed by atoms with van der Waals surface area (Å²) in [6.45, 7) is 7.16. The molecular weight excluding hydrogens is 380 g/mol. The van der Waals surface area contributed by atoms with Crippen LogP contribution in [0.2, 0.25) is 0 Å². The summed E-state index contributed by atoms with van der Waals surface area (Å²) in [6, 6.07) is 9.92. The summed E-state index contributed by atoms with van der Waals surface area (Å²) in [4.78, 5) is 31.3. The van der Waals surface area contributed by atoms with Crippen LogP contribution in [0.25, 0.3) is 0 Å². The first kappa shape index (κ1) is 21.8.